The lowest BCUT2D eigenvalue weighted by Gasteiger charge is -1.97. The van der Waals surface area contributed by atoms with Crippen molar-refractivity contribution in [3.63, 3.8) is 0 Å². The average Bonchev–Trinajstić information content (AvgIpc) is 2.44. The Labute approximate surface area is 84.6 Å². The summed E-state index contributed by atoms with van der Waals surface area (Å²) in [4.78, 5) is 4.56. The SMILES string of the molecule is Cc1ccc2nc(CC(C)C)cn2c1. The van der Waals surface area contributed by atoms with Gasteiger partial charge in [0.05, 0.1) is 5.69 Å². The number of hydrogen-bond acceptors (Lipinski definition) is 1. The van der Waals surface area contributed by atoms with E-state index in [-0.39, 0.29) is 0 Å². The zero-order valence-corrected chi connectivity index (χ0v) is 8.99. The molecule has 0 saturated heterocycles. The van der Waals surface area contributed by atoms with Crippen LogP contribution in [0.2, 0.25) is 0 Å². The molecule has 74 valence electrons. The van der Waals surface area contributed by atoms with Gasteiger partial charge < -0.3 is 4.40 Å². The molecule has 0 amide bonds. The quantitative estimate of drug-likeness (QED) is 0.708. The molecule has 0 saturated carbocycles. The average molecular weight is 188 g/mol. The third-order valence-electron chi connectivity index (χ3n) is 2.27. The van der Waals surface area contributed by atoms with Crippen molar-refractivity contribution in [2.45, 2.75) is 27.2 Å². The second kappa shape index (κ2) is 3.45. The van der Waals surface area contributed by atoms with E-state index in [1.807, 2.05) is 0 Å². The monoisotopic (exact) mass is 188 g/mol. The van der Waals surface area contributed by atoms with Crippen molar-refractivity contribution in [3.8, 4) is 0 Å². The molecule has 2 heterocycles. The summed E-state index contributed by atoms with van der Waals surface area (Å²) in [5, 5.41) is 0. The van der Waals surface area contributed by atoms with E-state index in [0.29, 0.717) is 5.92 Å². The minimum atomic E-state index is 0.668. The Kier molecular flexibility index (Phi) is 2.28. The Morgan fingerprint density at radius 1 is 1.29 bits per heavy atom. The van der Waals surface area contributed by atoms with Crippen molar-refractivity contribution >= 4 is 5.65 Å². The molecular weight excluding hydrogens is 172 g/mol. The maximum absolute atomic E-state index is 4.56. The Morgan fingerprint density at radius 3 is 2.79 bits per heavy atom. The number of imidazole rings is 1. The van der Waals surface area contributed by atoms with E-state index in [2.05, 4.69) is 54.7 Å². The molecule has 14 heavy (non-hydrogen) atoms. The lowest BCUT2D eigenvalue weighted by atomic mass is 10.1. The molecule has 2 aromatic heterocycles. The van der Waals surface area contributed by atoms with E-state index in [4.69, 9.17) is 0 Å². The number of pyridine rings is 1. The van der Waals surface area contributed by atoms with Crippen molar-refractivity contribution in [2.75, 3.05) is 0 Å². The smallest absolute Gasteiger partial charge is 0.136 e. The van der Waals surface area contributed by atoms with Crippen LogP contribution in [-0.4, -0.2) is 9.38 Å². The van der Waals surface area contributed by atoms with Crippen LogP contribution in [0.25, 0.3) is 5.65 Å². The molecule has 0 bridgehead atoms. The summed E-state index contributed by atoms with van der Waals surface area (Å²) in [5.41, 5.74) is 3.50. The maximum Gasteiger partial charge on any atom is 0.136 e. The largest absolute Gasteiger partial charge is 0.307 e. The van der Waals surface area contributed by atoms with Crippen molar-refractivity contribution in [1.29, 1.82) is 0 Å². The van der Waals surface area contributed by atoms with Crippen LogP contribution in [0.4, 0.5) is 0 Å². The highest BCUT2D eigenvalue weighted by atomic mass is 15.0. The topological polar surface area (TPSA) is 17.3 Å². The molecule has 0 fully saturated rings. The van der Waals surface area contributed by atoms with E-state index < -0.39 is 0 Å². The number of rotatable bonds is 2. The number of fused-ring (bicyclic) bond motifs is 1. The second-order valence-corrected chi connectivity index (χ2v) is 4.30. The van der Waals surface area contributed by atoms with Gasteiger partial charge in [-0.3, -0.25) is 0 Å². The van der Waals surface area contributed by atoms with E-state index in [0.717, 1.165) is 12.1 Å². The van der Waals surface area contributed by atoms with Crippen LogP contribution >= 0.6 is 0 Å². The molecule has 2 nitrogen and oxygen atoms in total. The van der Waals surface area contributed by atoms with Crippen LogP contribution in [0.15, 0.2) is 24.5 Å². The van der Waals surface area contributed by atoms with Gasteiger partial charge in [0.1, 0.15) is 5.65 Å². The highest BCUT2D eigenvalue weighted by Gasteiger charge is 2.03. The summed E-state index contributed by atoms with van der Waals surface area (Å²) < 4.78 is 2.10. The fraction of sp³-hybridized carbons (Fsp3) is 0.417. The first-order valence-electron chi connectivity index (χ1n) is 5.09. The standard InChI is InChI=1S/C12H16N2/c1-9(2)6-11-8-14-7-10(3)4-5-12(14)13-11/h4-5,7-9H,6H2,1-3H3. The Balaban J connectivity index is 2.41. The van der Waals surface area contributed by atoms with Crippen LogP contribution in [-0.2, 0) is 6.42 Å². The summed E-state index contributed by atoms with van der Waals surface area (Å²) in [6, 6.07) is 4.17. The summed E-state index contributed by atoms with van der Waals surface area (Å²) in [6.45, 7) is 6.53. The Hall–Kier alpha value is -1.31. The molecule has 0 aliphatic heterocycles. The zero-order valence-electron chi connectivity index (χ0n) is 8.99. The number of aryl methyl sites for hydroxylation is 1. The first kappa shape index (κ1) is 9.25. The lowest BCUT2D eigenvalue weighted by molar-refractivity contribution is 0.638. The van der Waals surface area contributed by atoms with E-state index >= 15 is 0 Å². The predicted molar refractivity (Wildman–Crippen MR) is 58.5 cm³/mol. The number of nitrogens with zero attached hydrogens (tertiary/aromatic N) is 2. The van der Waals surface area contributed by atoms with Gasteiger partial charge in [0.25, 0.3) is 0 Å². The lowest BCUT2D eigenvalue weighted by Crippen LogP contribution is -1.93. The molecule has 0 aliphatic rings. The highest BCUT2D eigenvalue weighted by molar-refractivity contribution is 5.41. The summed E-state index contributed by atoms with van der Waals surface area (Å²) in [7, 11) is 0. The van der Waals surface area contributed by atoms with Crippen molar-refractivity contribution in [2.24, 2.45) is 5.92 Å². The van der Waals surface area contributed by atoms with Crippen molar-refractivity contribution in [1.82, 2.24) is 9.38 Å². The van der Waals surface area contributed by atoms with Gasteiger partial charge in [0, 0.05) is 12.4 Å². The molecule has 0 atom stereocenters. The van der Waals surface area contributed by atoms with E-state index in [9.17, 15) is 0 Å². The van der Waals surface area contributed by atoms with Gasteiger partial charge in [0.15, 0.2) is 0 Å². The second-order valence-electron chi connectivity index (χ2n) is 4.30. The van der Waals surface area contributed by atoms with Crippen molar-refractivity contribution < 1.29 is 0 Å². The third-order valence-corrected chi connectivity index (χ3v) is 2.27. The van der Waals surface area contributed by atoms with Gasteiger partial charge >= 0.3 is 0 Å². The minimum Gasteiger partial charge on any atom is -0.307 e. The maximum atomic E-state index is 4.56. The fourth-order valence-corrected chi connectivity index (χ4v) is 1.67. The zero-order chi connectivity index (χ0) is 10.1. The first-order valence-corrected chi connectivity index (χ1v) is 5.09. The van der Waals surface area contributed by atoms with Crippen LogP contribution < -0.4 is 0 Å². The van der Waals surface area contributed by atoms with Crippen LogP contribution in [0, 0.1) is 12.8 Å². The van der Waals surface area contributed by atoms with E-state index in [1.54, 1.807) is 0 Å². The summed E-state index contributed by atoms with van der Waals surface area (Å²) in [5.74, 6) is 0.668. The van der Waals surface area contributed by atoms with Crippen LogP contribution in [0.1, 0.15) is 25.1 Å². The molecule has 2 heteroatoms. The first-order chi connectivity index (χ1) is 6.65. The van der Waals surface area contributed by atoms with Crippen LogP contribution in [0.5, 0.6) is 0 Å². The normalized spacial score (nSPS) is 11.4. The van der Waals surface area contributed by atoms with Gasteiger partial charge in [-0.05, 0) is 30.9 Å². The molecule has 0 aliphatic carbocycles. The van der Waals surface area contributed by atoms with Gasteiger partial charge in [0.2, 0.25) is 0 Å². The van der Waals surface area contributed by atoms with Gasteiger partial charge in [-0.25, -0.2) is 4.98 Å². The molecule has 0 N–H and O–H groups in total. The molecular formula is C12H16N2. The summed E-state index contributed by atoms with van der Waals surface area (Å²) >= 11 is 0. The van der Waals surface area contributed by atoms with E-state index in [1.165, 1.54) is 11.3 Å². The van der Waals surface area contributed by atoms with Crippen molar-refractivity contribution in [3.05, 3.63) is 35.8 Å². The minimum absolute atomic E-state index is 0.668. The van der Waals surface area contributed by atoms with Gasteiger partial charge in [-0.2, -0.15) is 0 Å². The molecule has 0 aromatic carbocycles. The molecule has 0 unspecified atom stereocenters. The molecule has 2 rings (SSSR count). The Morgan fingerprint density at radius 2 is 2.07 bits per heavy atom. The Bertz CT molecular complexity index is 441. The molecule has 0 radical (unpaired) electrons. The fourth-order valence-electron chi connectivity index (χ4n) is 1.67. The van der Waals surface area contributed by atoms with Gasteiger partial charge in [-0.1, -0.05) is 19.9 Å². The number of hydrogen-bond donors (Lipinski definition) is 0. The number of aromatic nitrogens is 2. The van der Waals surface area contributed by atoms with Gasteiger partial charge in [-0.15, -0.1) is 0 Å². The summed E-state index contributed by atoms with van der Waals surface area (Å²) in [6.07, 6.45) is 5.30. The third kappa shape index (κ3) is 1.79. The predicted octanol–water partition coefficient (Wildman–Crippen LogP) is 2.84. The highest BCUT2D eigenvalue weighted by Crippen LogP contribution is 2.10. The van der Waals surface area contributed by atoms with Crippen LogP contribution in [0.3, 0.4) is 0 Å². The molecule has 2 aromatic rings. The molecule has 0 spiro atoms.